The van der Waals surface area contributed by atoms with Crippen LogP contribution >= 0.6 is 23.2 Å². The van der Waals surface area contributed by atoms with E-state index in [9.17, 15) is 22.8 Å². The summed E-state index contributed by atoms with van der Waals surface area (Å²) in [6.07, 6.45) is -6.39. The molecule has 0 bridgehead atoms. The standard InChI is InChI=1S/C22H19Cl2F3N2O5/c1-12-6-13(4-5-17(12)19(30)29(11-32-2)20(31)33-3)18-10-21(34-28-18,22(25,26)27)14-7-15(23)9-16(24)8-14/h4-9H,10-11H2,1-3H3. The molecule has 0 saturated heterocycles. The summed E-state index contributed by atoms with van der Waals surface area (Å²) < 4.78 is 52.0. The average molecular weight is 519 g/mol. The number of hydrogen-bond acceptors (Lipinski definition) is 6. The number of amides is 2. The monoisotopic (exact) mass is 518 g/mol. The molecule has 2 aromatic carbocycles. The van der Waals surface area contributed by atoms with Gasteiger partial charge in [-0.15, -0.1) is 0 Å². The number of nitrogens with zero attached hydrogens (tertiary/aromatic N) is 2. The predicted molar refractivity (Wildman–Crippen MR) is 118 cm³/mol. The summed E-state index contributed by atoms with van der Waals surface area (Å²) in [5.41, 5.74) is -2.21. The number of methoxy groups -OCH3 is 2. The number of carbonyl (C=O) groups excluding carboxylic acids is 2. The Balaban J connectivity index is 1.94. The van der Waals surface area contributed by atoms with Gasteiger partial charge in [0.15, 0.2) is 0 Å². The van der Waals surface area contributed by atoms with Gasteiger partial charge in [0.05, 0.1) is 12.8 Å². The van der Waals surface area contributed by atoms with E-state index in [2.05, 4.69) is 9.89 Å². The van der Waals surface area contributed by atoms with Crippen LogP contribution < -0.4 is 0 Å². The van der Waals surface area contributed by atoms with Crippen molar-refractivity contribution in [1.29, 1.82) is 0 Å². The van der Waals surface area contributed by atoms with E-state index in [1.54, 1.807) is 6.92 Å². The summed E-state index contributed by atoms with van der Waals surface area (Å²) in [6, 6.07) is 7.85. The van der Waals surface area contributed by atoms with E-state index in [1.807, 2.05) is 0 Å². The van der Waals surface area contributed by atoms with Crippen molar-refractivity contribution in [3.05, 3.63) is 68.7 Å². The lowest BCUT2D eigenvalue weighted by Crippen LogP contribution is -2.42. The fourth-order valence-electron chi connectivity index (χ4n) is 3.51. The highest BCUT2D eigenvalue weighted by Crippen LogP contribution is 2.49. The first-order valence-corrected chi connectivity index (χ1v) is 10.5. The van der Waals surface area contributed by atoms with Crippen LogP contribution in [0.2, 0.25) is 10.0 Å². The molecule has 0 aromatic heterocycles. The Kier molecular flexibility index (Phi) is 7.44. The normalized spacial score (nSPS) is 17.7. The lowest BCUT2D eigenvalue weighted by molar-refractivity contribution is -0.275. The van der Waals surface area contributed by atoms with Gasteiger partial charge < -0.3 is 14.3 Å². The van der Waals surface area contributed by atoms with Gasteiger partial charge in [-0.3, -0.25) is 4.79 Å². The van der Waals surface area contributed by atoms with Gasteiger partial charge in [-0.2, -0.15) is 13.2 Å². The van der Waals surface area contributed by atoms with Crippen LogP contribution in [0.1, 0.15) is 33.5 Å². The van der Waals surface area contributed by atoms with E-state index in [4.69, 9.17) is 32.8 Å². The Morgan fingerprint density at radius 3 is 2.32 bits per heavy atom. The molecule has 1 aliphatic heterocycles. The number of ether oxygens (including phenoxy) is 2. The Bertz CT molecular complexity index is 1140. The van der Waals surface area contributed by atoms with Crippen LogP contribution in [-0.4, -0.2) is 49.7 Å². The topological polar surface area (TPSA) is 77.4 Å². The molecule has 182 valence electrons. The van der Waals surface area contributed by atoms with Crippen LogP contribution in [0.5, 0.6) is 0 Å². The first-order chi connectivity index (χ1) is 15.9. The molecule has 0 N–H and O–H groups in total. The Hall–Kier alpha value is -2.82. The zero-order valence-electron chi connectivity index (χ0n) is 18.2. The van der Waals surface area contributed by atoms with E-state index >= 15 is 0 Å². The third-order valence-electron chi connectivity index (χ3n) is 5.20. The number of rotatable bonds is 5. The Morgan fingerprint density at radius 1 is 1.15 bits per heavy atom. The Morgan fingerprint density at radius 2 is 1.79 bits per heavy atom. The van der Waals surface area contributed by atoms with Crippen molar-refractivity contribution in [3.63, 3.8) is 0 Å². The second-order valence-corrected chi connectivity index (χ2v) is 8.31. The molecule has 0 saturated carbocycles. The van der Waals surface area contributed by atoms with E-state index < -0.39 is 30.2 Å². The smallest absolute Gasteiger partial charge is 0.435 e. The molecule has 34 heavy (non-hydrogen) atoms. The highest BCUT2D eigenvalue weighted by Gasteiger charge is 2.62. The minimum Gasteiger partial charge on any atom is -0.452 e. The molecule has 2 amide bonds. The quantitative estimate of drug-likeness (QED) is 0.474. The summed E-state index contributed by atoms with van der Waals surface area (Å²) in [5.74, 6) is -0.694. The molecule has 1 atom stereocenters. The number of benzene rings is 2. The summed E-state index contributed by atoms with van der Waals surface area (Å²) in [6.45, 7) is 1.23. The molecule has 2 aromatic rings. The zero-order valence-corrected chi connectivity index (χ0v) is 19.7. The van der Waals surface area contributed by atoms with Crippen LogP contribution in [0.3, 0.4) is 0 Å². The van der Waals surface area contributed by atoms with E-state index in [1.165, 1.54) is 31.4 Å². The number of aryl methyl sites for hydroxylation is 1. The van der Waals surface area contributed by atoms with Gasteiger partial charge in [-0.05, 0) is 48.4 Å². The molecular formula is C22H19Cl2F3N2O5. The van der Waals surface area contributed by atoms with Crippen molar-refractivity contribution in [3.8, 4) is 0 Å². The second kappa shape index (κ2) is 9.81. The van der Waals surface area contributed by atoms with Crippen molar-refractivity contribution in [2.45, 2.75) is 25.1 Å². The van der Waals surface area contributed by atoms with E-state index in [0.717, 1.165) is 24.1 Å². The second-order valence-electron chi connectivity index (χ2n) is 7.44. The van der Waals surface area contributed by atoms with E-state index in [-0.39, 0.29) is 33.6 Å². The van der Waals surface area contributed by atoms with Crippen LogP contribution in [0.15, 0.2) is 41.6 Å². The Labute approximate surface area is 203 Å². The molecule has 1 aliphatic rings. The third-order valence-corrected chi connectivity index (χ3v) is 5.64. The van der Waals surface area contributed by atoms with Gasteiger partial charge in [0.25, 0.3) is 11.5 Å². The van der Waals surface area contributed by atoms with E-state index in [0.29, 0.717) is 11.1 Å². The van der Waals surface area contributed by atoms with Crippen molar-refractivity contribution < 1.29 is 37.1 Å². The fourth-order valence-corrected chi connectivity index (χ4v) is 4.03. The fraction of sp³-hybridized carbons (Fsp3) is 0.318. The SMILES string of the molecule is COCN(C(=O)OC)C(=O)c1ccc(C2=NOC(c3cc(Cl)cc(Cl)c3)(C(F)(F)F)C2)cc1C. The van der Waals surface area contributed by atoms with Crippen molar-refractivity contribution >= 4 is 40.9 Å². The lowest BCUT2D eigenvalue weighted by Gasteiger charge is -2.29. The molecule has 12 heteroatoms. The van der Waals surface area contributed by atoms with Crippen LogP contribution in [0.4, 0.5) is 18.0 Å². The van der Waals surface area contributed by atoms with Crippen molar-refractivity contribution in [1.82, 2.24) is 4.90 Å². The highest BCUT2D eigenvalue weighted by molar-refractivity contribution is 6.34. The number of hydrogen-bond donors (Lipinski definition) is 0. The molecule has 3 rings (SSSR count). The molecule has 0 aliphatic carbocycles. The van der Waals surface area contributed by atoms with Gasteiger partial charge >= 0.3 is 12.3 Å². The van der Waals surface area contributed by atoms with Crippen LogP contribution in [0, 0.1) is 6.92 Å². The molecule has 0 spiro atoms. The molecule has 0 fully saturated rings. The van der Waals surface area contributed by atoms with Gasteiger partial charge in [-0.1, -0.05) is 34.4 Å². The van der Waals surface area contributed by atoms with Crippen molar-refractivity contribution in [2.24, 2.45) is 5.16 Å². The van der Waals surface area contributed by atoms with Gasteiger partial charge in [0.2, 0.25) is 0 Å². The molecule has 1 unspecified atom stereocenters. The van der Waals surface area contributed by atoms with Gasteiger partial charge in [0.1, 0.15) is 6.73 Å². The third kappa shape index (κ3) is 4.84. The highest BCUT2D eigenvalue weighted by atomic mass is 35.5. The number of halogens is 5. The largest absolute Gasteiger partial charge is 0.452 e. The molecule has 1 heterocycles. The predicted octanol–water partition coefficient (Wildman–Crippen LogP) is 5.70. The lowest BCUT2D eigenvalue weighted by atomic mass is 9.86. The average Bonchev–Trinajstić information content (AvgIpc) is 3.23. The van der Waals surface area contributed by atoms with Crippen LogP contribution in [0.25, 0.3) is 0 Å². The van der Waals surface area contributed by atoms with Gasteiger partial charge in [-0.25, -0.2) is 9.69 Å². The van der Waals surface area contributed by atoms with Gasteiger partial charge in [0, 0.05) is 34.7 Å². The number of alkyl halides is 3. The molecule has 7 nitrogen and oxygen atoms in total. The zero-order chi connectivity index (χ0) is 25.3. The van der Waals surface area contributed by atoms with Crippen molar-refractivity contribution in [2.75, 3.05) is 21.0 Å². The number of oxime groups is 1. The summed E-state index contributed by atoms with van der Waals surface area (Å²) in [5, 5.41) is 3.75. The maximum Gasteiger partial charge on any atom is 0.435 e. The molecular weight excluding hydrogens is 500 g/mol. The first kappa shape index (κ1) is 25.8. The number of imide groups is 1. The maximum absolute atomic E-state index is 14.2. The summed E-state index contributed by atoms with van der Waals surface area (Å²) in [4.78, 5) is 30.4. The first-order valence-electron chi connectivity index (χ1n) is 9.71. The molecule has 0 radical (unpaired) electrons. The summed E-state index contributed by atoms with van der Waals surface area (Å²) in [7, 11) is 2.42. The van der Waals surface area contributed by atoms with Crippen LogP contribution in [-0.2, 0) is 19.9 Å². The summed E-state index contributed by atoms with van der Waals surface area (Å²) >= 11 is 11.8. The minimum atomic E-state index is -4.83. The number of carbonyl (C=O) groups is 2. The minimum absolute atomic E-state index is 0.0113. The maximum atomic E-state index is 14.2.